The van der Waals surface area contributed by atoms with Gasteiger partial charge in [0.1, 0.15) is 11.3 Å². The molecule has 0 aliphatic carbocycles. The number of anilines is 1. The van der Waals surface area contributed by atoms with E-state index in [0.717, 1.165) is 5.56 Å². The average molecular weight is 393 g/mol. The first-order chi connectivity index (χ1) is 13.6. The van der Waals surface area contributed by atoms with Crippen LogP contribution in [0, 0.1) is 0 Å². The third-order valence-electron chi connectivity index (χ3n) is 4.30. The third-order valence-corrected chi connectivity index (χ3v) is 4.60. The van der Waals surface area contributed by atoms with Gasteiger partial charge in [-0.15, -0.1) is 0 Å². The zero-order valence-electron chi connectivity index (χ0n) is 15.1. The van der Waals surface area contributed by atoms with Crippen LogP contribution in [0.3, 0.4) is 0 Å². The summed E-state index contributed by atoms with van der Waals surface area (Å²) in [5.41, 5.74) is 3.56. The highest BCUT2D eigenvalue weighted by Gasteiger charge is 2.12. The largest absolute Gasteiger partial charge is 0.495 e. The Labute approximate surface area is 166 Å². The van der Waals surface area contributed by atoms with Gasteiger partial charge in [0.05, 0.1) is 12.1 Å². The fourth-order valence-electron chi connectivity index (χ4n) is 2.91. The smallest absolute Gasteiger partial charge is 0.255 e. The van der Waals surface area contributed by atoms with Crippen LogP contribution in [0.15, 0.2) is 71.1 Å². The lowest BCUT2D eigenvalue weighted by molar-refractivity contribution is 0.102. The molecule has 0 aliphatic rings. The molecule has 1 amide bonds. The van der Waals surface area contributed by atoms with Gasteiger partial charge in [-0.2, -0.15) is 0 Å². The fraction of sp³-hybridized carbons (Fsp3) is 0.0909. The lowest BCUT2D eigenvalue weighted by atomic mass is 10.1. The lowest BCUT2D eigenvalue weighted by Gasteiger charge is -2.07. The minimum Gasteiger partial charge on any atom is -0.495 e. The molecule has 6 heteroatoms. The van der Waals surface area contributed by atoms with Crippen molar-refractivity contribution in [2.24, 2.45) is 0 Å². The van der Waals surface area contributed by atoms with Crippen molar-refractivity contribution in [3.05, 3.63) is 88.8 Å². The van der Waals surface area contributed by atoms with E-state index in [1.807, 2.05) is 30.3 Å². The summed E-state index contributed by atoms with van der Waals surface area (Å²) in [6, 6.07) is 20.3. The number of oxazole rings is 1. The van der Waals surface area contributed by atoms with Crippen molar-refractivity contribution in [2.75, 3.05) is 12.4 Å². The Kier molecular flexibility index (Phi) is 5.00. The molecule has 0 atom stereocenters. The summed E-state index contributed by atoms with van der Waals surface area (Å²) >= 11 is 6.10. The molecule has 0 fully saturated rings. The monoisotopic (exact) mass is 392 g/mol. The standard InChI is InChI=1S/C22H17ClN2O3/c1-27-19-9-7-15(12-17(19)23)22(26)24-16-8-10-20-18(13-16)25-21(28-20)11-14-5-3-2-4-6-14/h2-10,12-13H,11H2,1H3,(H,24,26). The molecule has 0 saturated carbocycles. The first-order valence-corrected chi connectivity index (χ1v) is 9.08. The lowest BCUT2D eigenvalue weighted by Crippen LogP contribution is -2.11. The van der Waals surface area contributed by atoms with Crippen LogP contribution in [-0.2, 0) is 6.42 Å². The summed E-state index contributed by atoms with van der Waals surface area (Å²) in [7, 11) is 1.53. The summed E-state index contributed by atoms with van der Waals surface area (Å²) in [5.74, 6) is 0.886. The zero-order chi connectivity index (χ0) is 19.5. The van der Waals surface area contributed by atoms with E-state index in [0.29, 0.717) is 45.4 Å². The van der Waals surface area contributed by atoms with Gasteiger partial charge in [0, 0.05) is 17.7 Å². The van der Waals surface area contributed by atoms with Gasteiger partial charge in [-0.25, -0.2) is 4.98 Å². The molecule has 140 valence electrons. The molecule has 28 heavy (non-hydrogen) atoms. The Morgan fingerprint density at radius 3 is 2.68 bits per heavy atom. The van der Waals surface area contributed by atoms with Crippen molar-refractivity contribution >= 4 is 34.3 Å². The molecule has 0 radical (unpaired) electrons. The van der Waals surface area contributed by atoms with E-state index in [9.17, 15) is 4.79 Å². The van der Waals surface area contributed by atoms with Crippen LogP contribution < -0.4 is 10.1 Å². The van der Waals surface area contributed by atoms with Gasteiger partial charge in [0.2, 0.25) is 0 Å². The highest BCUT2D eigenvalue weighted by molar-refractivity contribution is 6.32. The van der Waals surface area contributed by atoms with Crippen LogP contribution in [0.5, 0.6) is 5.75 Å². The molecule has 0 unspecified atom stereocenters. The maximum absolute atomic E-state index is 12.5. The Bertz CT molecular complexity index is 1140. The number of ether oxygens (including phenoxy) is 1. The van der Waals surface area contributed by atoms with Crippen LogP contribution in [-0.4, -0.2) is 18.0 Å². The van der Waals surface area contributed by atoms with Crippen LogP contribution in [0.1, 0.15) is 21.8 Å². The molecular weight excluding hydrogens is 376 g/mol. The first kappa shape index (κ1) is 18.1. The van der Waals surface area contributed by atoms with Crippen LogP contribution in [0.25, 0.3) is 11.1 Å². The number of hydrogen-bond donors (Lipinski definition) is 1. The topological polar surface area (TPSA) is 64.4 Å². The molecule has 4 rings (SSSR count). The molecule has 0 saturated heterocycles. The van der Waals surface area contributed by atoms with E-state index in [4.69, 9.17) is 20.8 Å². The van der Waals surface area contributed by atoms with Crippen molar-refractivity contribution in [3.8, 4) is 5.75 Å². The van der Waals surface area contributed by atoms with Crippen LogP contribution in [0.4, 0.5) is 5.69 Å². The number of nitrogens with one attached hydrogen (secondary N) is 1. The molecule has 1 aromatic heterocycles. The normalized spacial score (nSPS) is 10.8. The second-order valence-corrected chi connectivity index (χ2v) is 6.66. The highest BCUT2D eigenvalue weighted by atomic mass is 35.5. The molecule has 5 nitrogen and oxygen atoms in total. The van der Waals surface area contributed by atoms with E-state index in [1.165, 1.54) is 7.11 Å². The number of methoxy groups -OCH3 is 1. The third kappa shape index (κ3) is 3.85. The quantitative estimate of drug-likeness (QED) is 0.498. The Morgan fingerprint density at radius 1 is 1.11 bits per heavy atom. The molecule has 1 N–H and O–H groups in total. The Balaban J connectivity index is 1.53. The maximum atomic E-state index is 12.5. The number of hydrogen-bond acceptors (Lipinski definition) is 4. The summed E-state index contributed by atoms with van der Waals surface area (Å²) in [6.07, 6.45) is 0.613. The van der Waals surface area contributed by atoms with Crippen molar-refractivity contribution in [1.29, 1.82) is 0 Å². The van der Waals surface area contributed by atoms with E-state index < -0.39 is 0 Å². The second kappa shape index (κ2) is 7.74. The number of aromatic nitrogens is 1. The van der Waals surface area contributed by atoms with E-state index in [1.54, 1.807) is 36.4 Å². The predicted molar refractivity (Wildman–Crippen MR) is 109 cm³/mol. The summed E-state index contributed by atoms with van der Waals surface area (Å²) in [5, 5.41) is 3.24. The molecule has 0 aliphatic heterocycles. The number of rotatable bonds is 5. The summed E-state index contributed by atoms with van der Waals surface area (Å²) < 4.78 is 10.9. The number of carbonyl (C=O) groups is 1. The minimum atomic E-state index is -0.267. The second-order valence-electron chi connectivity index (χ2n) is 6.26. The van der Waals surface area contributed by atoms with Gasteiger partial charge in [-0.05, 0) is 42.0 Å². The van der Waals surface area contributed by atoms with Crippen molar-refractivity contribution in [3.63, 3.8) is 0 Å². The van der Waals surface area contributed by atoms with Crippen LogP contribution in [0.2, 0.25) is 5.02 Å². The number of fused-ring (bicyclic) bond motifs is 1. The molecule has 0 spiro atoms. The Morgan fingerprint density at radius 2 is 1.93 bits per heavy atom. The number of amides is 1. The Hall–Kier alpha value is -3.31. The molecule has 4 aromatic rings. The van der Waals surface area contributed by atoms with Gasteiger partial charge in [-0.3, -0.25) is 4.79 Å². The summed E-state index contributed by atoms with van der Waals surface area (Å²) in [6.45, 7) is 0. The zero-order valence-corrected chi connectivity index (χ0v) is 15.9. The molecular formula is C22H17ClN2O3. The number of benzene rings is 3. The van der Waals surface area contributed by atoms with Gasteiger partial charge >= 0.3 is 0 Å². The minimum absolute atomic E-state index is 0.267. The van der Waals surface area contributed by atoms with E-state index in [2.05, 4.69) is 10.3 Å². The predicted octanol–water partition coefficient (Wildman–Crippen LogP) is 5.33. The first-order valence-electron chi connectivity index (χ1n) is 8.70. The molecule has 1 heterocycles. The van der Waals surface area contributed by atoms with Crippen molar-refractivity contribution < 1.29 is 13.9 Å². The SMILES string of the molecule is COc1ccc(C(=O)Nc2ccc3oc(Cc4ccccc4)nc3c2)cc1Cl. The highest BCUT2D eigenvalue weighted by Crippen LogP contribution is 2.26. The van der Waals surface area contributed by atoms with Gasteiger partial charge in [0.15, 0.2) is 11.5 Å². The molecule has 0 bridgehead atoms. The van der Waals surface area contributed by atoms with E-state index in [-0.39, 0.29) is 5.91 Å². The summed E-state index contributed by atoms with van der Waals surface area (Å²) in [4.78, 5) is 17.0. The number of nitrogens with zero attached hydrogens (tertiary/aromatic N) is 1. The van der Waals surface area contributed by atoms with Crippen LogP contribution >= 0.6 is 11.6 Å². The average Bonchev–Trinajstić information content (AvgIpc) is 3.10. The van der Waals surface area contributed by atoms with Crippen molar-refractivity contribution in [2.45, 2.75) is 6.42 Å². The molecule has 3 aromatic carbocycles. The van der Waals surface area contributed by atoms with Gasteiger partial charge < -0.3 is 14.5 Å². The van der Waals surface area contributed by atoms with Crippen molar-refractivity contribution in [1.82, 2.24) is 4.98 Å². The van der Waals surface area contributed by atoms with Gasteiger partial charge in [0.25, 0.3) is 5.91 Å². The van der Waals surface area contributed by atoms with Gasteiger partial charge in [-0.1, -0.05) is 41.9 Å². The fourth-order valence-corrected chi connectivity index (χ4v) is 3.17. The van der Waals surface area contributed by atoms with E-state index >= 15 is 0 Å². The number of carbonyl (C=O) groups excluding carboxylic acids is 1. The number of halogens is 1. The maximum Gasteiger partial charge on any atom is 0.255 e.